The van der Waals surface area contributed by atoms with Gasteiger partial charge in [-0.2, -0.15) is 0 Å². The van der Waals surface area contributed by atoms with Gasteiger partial charge in [-0.1, -0.05) is 37.0 Å². The van der Waals surface area contributed by atoms with E-state index in [9.17, 15) is 9.59 Å². The molecule has 0 atom stereocenters. The number of halogens is 2. The Kier molecular flexibility index (Phi) is 4.02. The van der Waals surface area contributed by atoms with Crippen molar-refractivity contribution in [2.45, 2.75) is 26.8 Å². The normalized spacial score (nSPS) is 11.4. The molecule has 0 spiro atoms. The maximum Gasteiger partial charge on any atom is 0.422 e. The Balaban J connectivity index is 2.76. The van der Waals surface area contributed by atoms with E-state index in [0.29, 0.717) is 23.0 Å². The third kappa shape index (κ3) is 2.85. The highest BCUT2D eigenvalue weighted by atomic mass is 35.5. The first-order valence-electron chi connectivity index (χ1n) is 5.93. The second-order valence-corrected chi connectivity index (χ2v) is 5.62. The standard InChI is InChI=1S/C13H13Cl2NO3/c1-7(2)3-4-16-11-9(12(17)19-13(16)18)5-8(14)6-10(11)15/h5-7H,3-4H2,1-2H3. The largest absolute Gasteiger partial charge is 0.422 e. The molecule has 1 aromatic heterocycles. The van der Waals surface area contributed by atoms with Gasteiger partial charge in [0.25, 0.3) is 0 Å². The highest BCUT2D eigenvalue weighted by Gasteiger charge is 2.14. The number of rotatable bonds is 3. The van der Waals surface area contributed by atoms with Gasteiger partial charge in [0.2, 0.25) is 0 Å². The fourth-order valence-corrected chi connectivity index (χ4v) is 2.46. The molecule has 0 radical (unpaired) electrons. The number of nitrogens with zero attached hydrogens (tertiary/aromatic N) is 1. The van der Waals surface area contributed by atoms with Crippen LogP contribution in [-0.2, 0) is 6.54 Å². The van der Waals surface area contributed by atoms with Crippen molar-refractivity contribution in [3.8, 4) is 0 Å². The highest BCUT2D eigenvalue weighted by molar-refractivity contribution is 6.38. The van der Waals surface area contributed by atoms with E-state index < -0.39 is 11.4 Å². The van der Waals surface area contributed by atoms with E-state index in [-0.39, 0.29) is 10.4 Å². The molecule has 0 saturated carbocycles. The van der Waals surface area contributed by atoms with Gasteiger partial charge in [-0.25, -0.2) is 9.59 Å². The second kappa shape index (κ2) is 5.39. The average Bonchev–Trinajstić information content (AvgIpc) is 2.29. The van der Waals surface area contributed by atoms with Crippen LogP contribution >= 0.6 is 23.2 Å². The van der Waals surface area contributed by atoms with Crippen LogP contribution in [0.5, 0.6) is 0 Å². The van der Waals surface area contributed by atoms with Crippen molar-refractivity contribution in [3.63, 3.8) is 0 Å². The van der Waals surface area contributed by atoms with Gasteiger partial charge in [-0.15, -0.1) is 0 Å². The summed E-state index contributed by atoms with van der Waals surface area (Å²) >= 11 is 12.0. The third-order valence-electron chi connectivity index (χ3n) is 2.85. The summed E-state index contributed by atoms with van der Waals surface area (Å²) in [6.45, 7) is 4.54. The van der Waals surface area contributed by atoms with Crippen molar-refractivity contribution in [1.29, 1.82) is 0 Å². The van der Waals surface area contributed by atoms with E-state index in [2.05, 4.69) is 0 Å². The monoisotopic (exact) mass is 301 g/mol. The van der Waals surface area contributed by atoms with Crippen LogP contribution < -0.4 is 11.4 Å². The summed E-state index contributed by atoms with van der Waals surface area (Å²) in [5.74, 6) is -0.276. The quantitative estimate of drug-likeness (QED) is 0.874. The number of benzene rings is 1. The Morgan fingerprint density at radius 1 is 1.26 bits per heavy atom. The minimum absolute atomic E-state index is 0.223. The van der Waals surface area contributed by atoms with E-state index in [1.54, 1.807) is 0 Å². The minimum atomic E-state index is -0.717. The maximum absolute atomic E-state index is 11.8. The molecule has 0 saturated heterocycles. The van der Waals surface area contributed by atoms with Gasteiger partial charge in [0.15, 0.2) is 0 Å². The topological polar surface area (TPSA) is 52.2 Å². The van der Waals surface area contributed by atoms with E-state index in [0.717, 1.165) is 6.42 Å². The first-order chi connectivity index (χ1) is 8.90. The molecule has 0 aliphatic carbocycles. The number of fused-ring (bicyclic) bond motifs is 1. The van der Waals surface area contributed by atoms with Crippen LogP contribution in [0, 0.1) is 5.92 Å². The molecular weight excluding hydrogens is 289 g/mol. The molecule has 4 nitrogen and oxygen atoms in total. The predicted molar refractivity (Wildman–Crippen MR) is 76.2 cm³/mol. The van der Waals surface area contributed by atoms with Crippen LogP contribution in [0.15, 0.2) is 26.1 Å². The second-order valence-electron chi connectivity index (χ2n) is 4.77. The molecule has 1 aromatic carbocycles. The molecule has 0 N–H and O–H groups in total. The Hall–Kier alpha value is -1.26. The van der Waals surface area contributed by atoms with Crippen LogP contribution in [0.3, 0.4) is 0 Å². The summed E-state index contributed by atoms with van der Waals surface area (Å²) in [7, 11) is 0. The molecule has 102 valence electrons. The van der Waals surface area contributed by atoms with Gasteiger partial charge in [0, 0.05) is 11.6 Å². The summed E-state index contributed by atoms with van der Waals surface area (Å²) in [6, 6.07) is 2.97. The van der Waals surface area contributed by atoms with Crippen molar-refractivity contribution in [3.05, 3.63) is 43.1 Å². The fourth-order valence-electron chi connectivity index (χ4n) is 1.87. The molecule has 0 fully saturated rings. The van der Waals surface area contributed by atoms with Crippen LogP contribution in [0.2, 0.25) is 10.0 Å². The maximum atomic E-state index is 11.8. The Bertz CT molecular complexity index is 731. The smallest absolute Gasteiger partial charge is 0.372 e. The molecular formula is C13H13Cl2NO3. The molecule has 0 aliphatic rings. The van der Waals surface area contributed by atoms with Crippen molar-refractivity contribution < 1.29 is 4.42 Å². The van der Waals surface area contributed by atoms with E-state index in [4.69, 9.17) is 27.6 Å². The number of aryl methyl sites for hydroxylation is 1. The number of hydrogen-bond donors (Lipinski definition) is 0. The van der Waals surface area contributed by atoms with Gasteiger partial charge in [-0.3, -0.25) is 4.57 Å². The van der Waals surface area contributed by atoms with E-state index >= 15 is 0 Å². The minimum Gasteiger partial charge on any atom is -0.372 e. The Morgan fingerprint density at radius 3 is 2.58 bits per heavy atom. The van der Waals surface area contributed by atoms with Gasteiger partial charge in [-0.05, 0) is 24.5 Å². The van der Waals surface area contributed by atoms with Crippen LogP contribution in [0.4, 0.5) is 0 Å². The lowest BCUT2D eigenvalue weighted by molar-refractivity contribution is 0.400. The summed E-state index contributed by atoms with van der Waals surface area (Å²) < 4.78 is 6.08. The lowest BCUT2D eigenvalue weighted by atomic mass is 10.1. The molecule has 2 rings (SSSR count). The third-order valence-corrected chi connectivity index (χ3v) is 3.35. The first kappa shape index (κ1) is 14.2. The Morgan fingerprint density at radius 2 is 1.95 bits per heavy atom. The van der Waals surface area contributed by atoms with E-state index in [1.807, 2.05) is 13.8 Å². The van der Waals surface area contributed by atoms with Gasteiger partial charge < -0.3 is 4.42 Å². The van der Waals surface area contributed by atoms with Gasteiger partial charge >= 0.3 is 11.4 Å². The van der Waals surface area contributed by atoms with Crippen LogP contribution in [0.25, 0.3) is 10.9 Å². The lowest BCUT2D eigenvalue weighted by Crippen LogP contribution is -2.25. The van der Waals surface area contributed by atoms with Crippen molar-refractivity contribution in [2.75, 3.05) is 0 Å². The summed E-state index contributed by atoms with van der Waals surface area (Å²) in [5, 5.41) is 0.830. The highest BCUT2D eigenvalue weighted by Crippen LogP contribution is 2.25. The number of hydrogen-bond acceptors (Lipinski definition) is 3. The fraction of sp³-hybridized carbons (Fsp3) is 0.385. The molecule has 2 aromatic rings. The van der Waals surface area contributed by atoms with E-state index in [1.165, 1.54) is 16.7 Å². The van der Waals surface area contributed by atoms with Crippen molar-refractivity contribution >= 4 is 34.1 Å². The molecule has 6 heteroatoms. The van der Waals surface area contributed by atoms with Gasteiger partial charge in [0.1, 0.15) is 0 Å². The van der Waals surface area contributed by atoms with Gasteiger partial charge in [0.05, 0.1) is 15.9 Å². The molecule has 19 heavy (non-hydrogen) atoms. The zero-order valence-electron chi connectivity index (χ0n) is 10.6. The zero-order chi connectivity index (χ0) is 14.2. The Labute approximate surface area is 119 Å². The van der Waals surface area contributed by atoms with Crippen LogP contribution in [-0.4, -0.2) is 4.57 Å². The molecule has 0 amide bonds. The molecule has 0 bridgehead atoms. The predicted octanol–water partition coefficient (Wildman–Crippen LogP) is 3.31. The lowest BCUT2D eigenvalue weighted by Gasteiger charge is -2.11. The first-order valence-corrected chi connectivity index (χ1v) is 6.68. The summed E-state index contributed by atoms with van der Waals surface area (Å²) in [6.07, 6.45) is 0.779. The summed E-state index contributed by atoms with van der Waals surface area (Å²) in [4.78, 5) is 23.5. The summed E-state index contributed by atoms with van der Waals surface area (Å²) in [5.41, 5.74) is -0.335. The van der Waals surface area contributed by atoms with Crippen molar-refractivity contribution in [2.24, 2.45) is 5.92 Å². The number of aromatic nitrogens is 1. The molecule has 1 heterocycles. The zero-order valence-corrected chi connectivity index (χ0v) is 12.1. The van der Waals surface area contributed by atoms with Crippen LogP contribution in [0.1, 0.15) is 20.3 Å². The molecule has 0 unspecified atom stereocenters. The van der Waals surface area contributed by atoms with Crippen molar-refractivity contribution in [1.82, 2.24) is 4.57 Å². The molecule has 0 aliphatic heterocycles. The average molecular weight is 302 g/mol. The SMILES string of the molecule is CC(C)CCn1c(=O)oc(=O)c2cc(Cl)cc(Cl)c21.